The number of ether oxygens (including phenoxy) is 3. The number of hydrogen-bond donors (Lipinski definition) is 1. The van der Waals surface area contributed by atoms with Crippen LogP contribution in [0.1, 0.15) is 24.8 Å². The molecule has 1 spiro atoms. The number of hydrogen-bond acceptors (Lipinski definition) is 7. The van der Waals surface area contributed by atoms with E-state index < -0.39 is 0 Å². The van der Waals surface area contributed by atoms with Gasteiger partial charge >= 0.3 is 5.97 Å². The van der Waals surface area contributed by atoms with Gasteiger partial charge in [0.15, 0.2) is 11.5 Å². The standard InChI is InChI=1S/C21H27N3O5.2ClH/c25-19-13-23(12-16-10-21(20(26)29-16)3-5-22-6-4-21)7-8-24(19)11-15-1-2-17-18(9-15)28-14-27-17;;/h1-2,9,16,22H,3-8,10-14H2;2*1H. The molecule has 1 unspecified atom stereocenters. The van der Waals surface area contributed by atoms with Gasteiger partial charge in [-0.05, 0) is 43.6 Å². The number of piperidine rings is 1. The van der Waals surface area contributed by atoms with E-state index in [2.05, 4.69) is 10.2 Å². The second-order valence-corrected chi connectivity index (χ2v) is 8.50. The fourth-order valence-electron chi connectivity index (χ4n) is 4.88. The van der Waals surface area contributed by atoms with Gasteiger partial charge in [-0.15, -0.1) is 24.8 Å². The van der Waals surface area contributed by atoms with Crippen molar-refractivity contribution in [3.8, 4) is 11.5 Å². The number of halogens is 2. The molecule has 0 radical (unpaired) electrons. The molecule has 5 rings (SSSR count). The van der Waals surface area contributed by atoms with Crippen LogP contribution in [0.3, 0.4) is 0 Å². The van der Waals surface area contributed by atoms with Crippen LogP contribution >= 0.6 is 24.8 Å². The summed E-state index contributed by atoms with van der Waals surface area (Å²) in [6.45, 7) is 5.04. The Morgan fingerprint density at radius 3 is 2.61 bits per heavy atom. The summed E-state index contributed by atoms with van der Waals surface area (Å²) in [7, 11) is 0. The number of carbonyl (C=O) groups is 2. The molecule has 31 heavy (non-hydrogen) atoms. The normalized spacial score (nSPS) is 24.5. The largest absolute Gasteiger partial charge is 0.461 e. The minimum absolute atomic E-state index is 0. The summed E-state index contributed by atoms with van der Waals surface area (Å²) in [4.78, 5) is 29.1. The maximum atomic E-state index is 12.7. The van der Waals surface area contributed by atoms with Crippen LogP contribution in [0.5, 0.6) is 11.5 Å². The van der Waals surface area contributed by atoms with E-state index in [1.165, 1.54) is 0 Å². The molecule has 1 aromatic carbocycles. The van der Waals surface area contributed by atoms with Gasteiger partial charge < -0.3 is 24.4 Å². The van der Waals surface area contributed by atoms with Crippen molar-refractivity contribution in [2.75, 3.05) is 46.1 Å². The smallest absolute Gasteiger partial charge is 0.312 e. The van der Waals surface area contributed by atoms with Crippen LogP contribution in [0.2, 0.25) is 0 Å². The molecule has 4 heterocycles. The fourth-order valence-corrected chi connectivity index (χ4v) is 4.88. The van der Waals surface area contributed by atoms with Gasteiger partial charge in [0.1, 0.15) is 6.10 Å². The van der Waals surface area contributed by atoms with Gasteiger partial charge in [-0.2, -0.15) is 0 Å². The predicted octanol–water partition coefficient (Wildman–Crippen LogP) is 1.59. The molecule has 4 aliphatic heterocycles. The minimum Gasteiger partial charge on any atom is -0.461 e. The van der Waals surface area contributed by atoms with Gasteiger partial charge in [-0.25, -0.2) is 0 Å². The molecule has 1 N–H and O–H groups in total. The van der Waals surface area contributed by atoms with Crippen LogP contribution in [0, 0.1) is 5.41 Å². The molecule has 1 atom stereocenters. The van der Waals surface area contributed by atoms with E-state index in [9.17, 15) is 9.59 Å². The molecule has 0 saturated carbocycles. The number of cyclic esters (lactones) is 1. The second kappa shape index (κ2) is 9.81. The molecular formula is C21H29Cl2N3O5. The first kappa shape index (κ1) is 23.9. The predicted molar refractivity (Wildman–Crippen MR) is 118 cm³/mol. The van der Waals surface area contributed by atoms with Crippen molar-refractivity contribution in [1.29, 1.82) is 0 Å². The summed E-state index contributed by atoms with van der Waals surface area (Å²) in [5.74, 6) is 1.55. The number of benzene rings is 1. The zero-order chi connectivity index (χ0) is 19.8. The molecule has 1 amide bonds. The lowest BCUT2D eigenvalue weighted by atomic mass is 9.76. The number of piperazine rings is 1. The SMILES string of the molecule is Cl.Cl.O=C1CN(CC2CC3(CCNCC3)C(=O)O2)CCN1Cc1ccc2c(c1)OCO2. The third kappa shape index (κ3) is 4.87. The Balaban J connectivity index is 0.00000136. The Morgan fingerprint density at radius 2 is 1.84 bits per heavy atom. The third-order valence-electron chi connectivity index (χ3n) is 6.56. The summed E-state index contributed by atoms with van der Waals surface area (Å²) < 4.78 is 16.5. The number of fused-ring (bicyclic) bond motifs is 1. The number of esters is 1. The van der Waals surface area contributed by atoms with Crippen molar-refractivity contribution < 1.29 is 23.8 Å². The van der Waals surface area contributed by atoms with Crippen LogP contribution < -0.4 is 14.8 Å². The van der Waals surface area contributed by atoms with Gasteiger partial charge in [-0.1, -0.05) is 6.07 Å². The number of nitrogens with one attached hydrogen (secondary N) is 1. The van der Waals surface area contributed by atoms with Crippen LogP contribution in [-0.2, 0) is 20.9 Å². The molecular weight excluding hydrogens is 445 g/mol. The second-order valence-electron chi connectivity index (χ2n) is 8.50. The van der Waals surface area contributed by atoms with E-state index in [1.54, 1.807) is 0 Å². The van der Waals surface area contributed by atoms with Crippen molar-refractivity contribution in [1.82, 2.24) is 15.1 Å². The van der Waals surface area contributed by atoms with Crippen LogP contribution in [0.4, 0.5) is 0 Å². The van der Waals surface area contributed by atoms with Crippen molar-refractivity contribution in [3.05, 3.63) is 23.8 Å². The van der Waals surface area contributed by atoms with Gasteiger partial charge in [-0.3, -0.25) is 14.5 Å². The molecule has 8 nitrogen and oxygen atoms in total. The molecule has 0 aliphatic carbocycles. The first-order valence-electron chi connectivity index (χ1n) is 10.4. The van der Waals surface area contributed by atoms with Crippen LogP contribution in [-0.4, -0.2) is 73.8 Å². The summed E-state index contributed by atoms with van der Waals surface area (Å²) in [5.41, 5.74) is 0.731. The van der Waals surface area contributed by atoms with E-state index in [-0.39, 0.29) is 55.0 Å². The van der Waals surface area contributed by atoms with Crippen LogP contribution in [0.15, 0.2) is 18.2 Å². The lowest BCUT2D eigenvalue weighted by molar-refractivity contribution is -0.150. The Labute approximate surface area is 194 Å². The fraction of sp³-hybridized carbons (Fsp3) is 0.619. The summed E-state index contributed by atoms with van der Waals surface area (Å²) in [6.07, 6.45) is 2.38. The zero-order valence-corrected chi connectivity index (χ0v) is 19.0. The Bertz CT molecular complexity index is 818. The van der Waals surface area contributed by atoms with Gasteiger partial charge in [0.05, 0.1) is 12.0 Å². The number of carbonyl (C=O) groups excluding carboxylic acids is 2. The summed E-state index contributed by atoms with van der Waals surface area (Å²) >= 11 is 0. The summed E-state index contributed by atoms with van der Waals surface area (Å²) in [6, 6.07) is 5.81. The molecule has 3 fully saturated rings. The van der Waals surface area contributed by atoms with Crippen molar-refractivity contribution in [3.63, 3.8) is 0 Å². The summed E-state index contributed by atoms with van der Waals surface area (Å²) in [5, 5.41) is 3.31. The zero-order valence-electron chi connectivity index (χ0n) is 17.3. The Morgan fingerprint density at radius 1 is 1.06 bits per heavy atom. The molecule has 1 aromatic rings. The van der Waals surface area contributed by atoms with Crippen molar-refractivity contribution >= 4 is 36.7 Å². The molecule has 4 aliphatic rings. The lowest BCUT2D eigenvalue weighted by Crippen LogP contribution is -2.51. The maximum Gasteiger partial charge on any atom is 0.312 e. The number of rotatable bonds is 4. The number of amides is 1. The quantitative estimate of drug-likeness (QED) is 0.664. The highest BCUT2D eigenvalue weighted by molar-refractivity contribution is 5.85. The molecule has 0 bridgehead atoms. The van der Waals surface area contributed by atoms with E-state index in [0.717, 1.165) is 56.0 Å². The van der Waals surface area contributed by atoms with Crippen molar-refractivity contribution in [2.45, 2.75) is 31.9 Å². The van der Waals surface area contributed by atoms with E-state index >= 15 is 0 Å². The first-order valence-corrected chi connectivity index (χ1v) is 10.4. The van der Waals surface area contributed by atoms with Gasteiger partial charge in [0.2, 0.25) is 12.7 Å². The number of nitrogens with zero attached hydrogens (tertiary/aromatic N) is 2. The minimum atomic E-state index is -0.304. The molecule has 10 heteroatoms. The van der Waals surface area contributed by atoms with Crippen LogP contribution in [0.25, 0.3) is 0 Å². The Hall–Kier alpha value is -1.74. The van der Waals surface area contributed by atoms with Gasteiger partial charge in [0.25, 0.3) is 0 Å². The monoisotopic (exact) mass is 473 g/mol. The average molecular weight is 474 g/mol. The lowest BCUT2D eigenvalue weighted by Gasteiger charge is -2.35. The third-order valence-corrected chi connectivity index (χ3v) is 6.56. The highest BCUT2D eigenvalue weighted by Crippen LogP contribution is 2.41. The van der Waals surface area contributed by atoms with Gasteiger partial charge in [0, 0.05) is 32.6 Å². The highest BCUT2D eigenvalue weighted by atomic mass is 35.5. The molecule has 0 aromatic heterocycles. The van der Waals surface area contributed by atoms with E-state index in [1.807, 2.05) is 23.1 Å². The highest BCUT2D eigenvalue weighted by Gasteiger charge is 2.49. The Kier molecular flexibility index (Phi) is 7.57. The first-order chi connectivity index (χ1) is 14.1. The maximum absolute atomic E-state index is 12.7. The average Bonchev–Trinajstić information content (AvgIpc) is 3.29. The molecule has 172 valence electrons. The van der Waals surface area contributed by atoms with E-state index in [0.29, 0.717) is 26.2 Å². The molecule has 3 saturated heterocycles. The van der Waals surface area contributed by atoms with E-state index in [4.69, 9.17) is 14.2 Å². The topological polar surface area (TPSA) is 80.3 Å². The van der Waals surface area contributed by atoms with Crippen molar-refractivity contribution in [2.24, 2.45) is 5.41 Å².